The van der Waals surface area contributed by atoms with Gasteiger partial charge in [0.15, 0.2) is 0 Å². The first-order chi connectivity index (χ1) is 6.58. The highest BCUT2D eigenvalue weighted by Crippen LogP contribution is 2.16. The largest absolute Gasteiger partial charge is 0.393 e. The van der Waals surface area contributed by atoms with E-state index in [4.69, 9.17) is 21.7 Å². The van der Waals surface area contributed by atoms with Crippen molar-refractivity contribution in [3.05, 3.63) is 0 Å². The van der Waals surface area contributed by atoms with Crippen molar-refractivity contribution in [2.45, 2.75) is 62.8 Å². The van der Waals surface area contributed by atoms with Gasteiger partial charge in [-0.15, -0.1) is 24.8 Å². The molecule has 2 saturated carbocycles. The molecule has 2 aliphatic carbocycles. The molecule has 100 valence electrons. The molecule has 0 spiro atoms. The molecule has 4 nitrogen and oxygen atoms in total. The van der Waals surface area contributed by atoms with Crippen LogP contribution >= 0.6 is 24.8 Å². The Morgan fingerprint density at radius 2 is 1.00 bits per heavy atom. The van der Waals surface area contributed by atoms with Gasteiger partial charge in [-0.1, -0.05) is 0 Å². The summed E-state index contributed by atoms with van der Waals surface area (Å²) in [7, 11) is 0. The fourth-order valence-electron chi connectivity index (χ4n) is 1.98. The second kappa shape index (κ2) is 9.45. The van der Waals surface area contributed by atoms with Crippen LogP contribution in [-0.4, -0.2) is 34.5 Å². The highest BCUT2D eigenvalue weighted by atomic mass is 35.5. The fourth-order valence-corrected chi connectivity index (χ4v) is 1.98. The van der Waals surface area contributed by atoms with Gasteiger partial charge >= 0.3 is 0 Å². The van der Waals surface area contributed by atoms with Gasteiger partial charge in [0, 0.05) is 12.1 Å². The van der Waals surface area contributed by atoms with Crippen molar-refractivity contribution in [2.75, 3.05) is 0 Å². The molecule has 0 aromatic heterocycles. The molecule has 16 heavy (non-hydrogen) atoms. The van der Waals surface area contributed by atoms with Gasteiger partial charge in [0.05, 0.1) is 12.2 Å². The molecule has 4 atom stereocenters. The van der Waals surface area contributed by atoms with E-state index in [1.165, 1.54) is 0 Å². The van der Waals surface area contributed by atoms with Crippen molar-refractivity contribution in [1.82, 2.24) is 0 Å². The van der Waals surface area contributed by atoms with E-state index >= 15 is 0 Å². The number of hydrogen-bond acceptors (Lipinski definition) is 4. The lowest BCUT2D eigenvalue weighted by molar-refractivity contribution is 0.181. The molecule has 0 unspecified atom stereocenters. The molecule has 2 rings (SSSR count). The van der Waals surface area contributed by atoms with Crippen molar-refractivity contribution >= 4 is 24.8 Å². The van der Waals surface area contributed by atoms with Crippen LogP contribution in [0.15, 0.2) is 0 Å². The van der Waals surface area contributed by atoms with Crippen LogP contribution in [-0.2, 0) is 0 Å². The summed E-state index contributed by atoms with van der Waals surface area (Å²) in [5.41, 5.74) is 10.9. The van der Waals surface area contributed by atoms with E-state index in [9.17, 15) is 0 Å². The van der Waals surface area contributed by atoms with Gasteiger partial charge in [-0.25, -0.2) is 0 Å². The van der Waals surface area contributed by atoms with Gasteiger partial charge < -0.3 is 21.7 Å². The predicted molar refractivity (Wildman–Crippen MR) is 70.2 cm³/mol. The van der Waals surface area contributed by atoms with Gasteiger partial charge in [-0.05, 0) is 38.5 Å². The highest BCUT2D eigenvalue weighted by molar-refractivity contribution is 5.85. The zero-order chi connectivity index (χ0) is 10.6. The minimum absolute atomic E-state index is 0. The van der Waals surface area contributed by atoms with Crippen molar-refractivity contribution in [3.8, 4) is 0 Å². The number of aliphatic hydroxyl groups is 2. The number of nitrogens with two attached hydrogens (primary N) is 2. The normalized spacial score (nSPS) is 36.8. The zero-order valence-electron chi connectivity index (χ0n) is 9.42. The van der Waals surface area contributed by atoms with Crippen LogP contribution in [0.2, 0.25) is 0 Å². The Kier molecular flexibility index (Phi) is 11.1. The van der Waals surface area contributed by atoms with E-state index < -0.39 is 0 Å². The van der Waals surface area contributed by atoms with Gasteiger partial charge in [0.2, 0.25) is 0 Å². The number of rotatable bonds is 0. The summed E-state index contributed by atoms with van der Waals surface area (Å²) >= 11 is 0. The topological polar surface area (TPSA) is 92.5 Å². The number of hydrogen-bond donors (Lipinski definition) is 4. The molecule has 0 aromatic carbocycles. The van der Waals surface area contributed by atoms with Crippen molar-refractivity contribution in [3.63, 3.8) is 0 Å². The lowest BCUT2D eigenvalue weighted by atomic mass is 10.3. The summed E-state index contributed by atoms with van der Waals surface area (Å²) in [5, 5.41) is 17.6. The molecular formula is C10H24Cl2N2O2. The molecular weight excluding hydrogens is 251 g/mol. The molecule has 0 amide bonds. The van der Waals surface area contributed by atoms with E-state index in [2.05, 4.69) is 0 Å². The maximum atomic E-state index is 8.82. The van der Waals surface area contributed by atoms with Crippen LogP contribution in [0.5, 0.6) is 0 Å². The van der Waals surface area contributed by atoms with Gasteiger partial charge in [0.1, 0.15) is 0 Å². The van der Waals surface area contributed by atoms with Gasteiger partial charge in [-0.2, -0.15) is 0 Å². The first-order valence-electron chi connectivity index (χ1n) is 5.45. The summed E-state index contributed by atoms with van der Waals surface area (Å²) in [6, 6.07) is 0.546. The smallest absolute Gasteiger partial charge is 0.0555 e. The monoisotopic (exact) mass is 274 g/mol. The minimum Gasteiger partial charge on any atom is -0.393 e. The molecule has 0 aliphatic heterocycles. The molecule has 2 fully saturated rings. The first kappa shape index (κ1) is 18.8. The molecule has 0 aromatic rings. The van der Waals surface area contributed by atoms with E-state index in [0.717, 1.165) is 38.5 Å². The van der Waals surface area contributed by atoms with Crippen LogP contribution in [0, 0.1) is 0 Å². The third-order valence-electron chi connectivity index (χ3n) is 2.89. The van der Waals surface area contributed by atoms with Crippen molar-refractivity contribution in [1.29, 1.82) is 0 Å². The van der Waals surface area contributed by atoms with Crippen molar-refractivity contribution < 1.29 is 10.2 Å². The molecule has 0 saturated heterocycles. The first-order valence-corrected chi connectivity index (χ1v) is 5.45. The Bertz CT molecular complexity index is 141. The highest BCUT2D eigenvalue weighted by Gasteiger charge is 2.18. The summed E-state index contributed by atoms with van der Waals surface area (Å²) in [6.07, 6.45) is 5.22. The Morgan fingerprint density at radius 1 is 0.688 bits per heavy atom. The van der Waals surface area contributed by atoms with E-state index in [0.29, 0.717) is 0 Å². The van der Waals surface area contributed by atoms with Crippen LogP contribution in [0.25, 0.3) is 0 Å². The molecule has 2 aliphatic rings. The van der Waals surface area contributed by atoms with Crippen LogP contribution < -0.4 is 11.5 Å². The quantitative estimate of drug-likeness (QED) is 0.520. The molecule has 0 heterocycles. The second-order valence-electron chi connectivity index (χ2n) is 4.45. The Morgan fingerprint density at radius 3 is 1.06 bits per heavy atom. The van der Waals surface area contributed by atoms with Crippen LogP contribution in [0.3, 0.4) is 0 Å². The maximum Gasteiger partial charge on any atom is 0.0555 e. The predicted octanol–water partition coefficient (Wildman–Crippen LogP) is 0.561. The second-order valence-corrected chi connectivity index (χ2v) is 4.45. The van der Waals surface area contributed by atoms with E-state index in [1.807, 2.05) is 0 Å². The lowest BCUT2D eigenvalue weighted by Crippen LogP contribution is -2.15. The SMILES string of the molecule is Cl.Cl.N[C@@H]1CC[C@H](O)C1.N[C@H]1CC[C@@H](O)C1. The standard InChI is InChI=1S/2C5H11NO.2ClH/c2*6-4-1-2-5(7)3-4;;/h2*4-5,7H,1-3,6H2;2*1H/t2*4-,5+;;/m10../s1. The Balaban J connectivity index is 0. The third-order valence-corrected chi connectivity index (χ3v) is 2.89. The average Bonchev–Trinajstić information content (AvgIpc) is 2.63. The third kappa shape index (κ3) is 7.65. The van der Waals surface area contributed by atoms with Gasteiger partial charge in [0.25, 0.3) is 0 Å². The van der Waals surface area contributed by atoms with Crippen LogP contribution in [0.1, 0.15) is 38.5 Å². The number of aliphatic hydroxyl groups excluding tert-OH is 2. The summed E-state index contributed by atoms with van der Waals surface area (Å²) in [6.45, 7) is 0. The van der Waals surface area contributed by atoms with E-state index in [1.54, 1.807) is 0 Å². The van der Waals surface area contributed by atoms with Gasteiger partial charge in [-0.3, -0.25) is 0 Å². The fraction of sp³-hybridized carbons (Fsp3) is 1.00. The van der Waals surface area contributed by atoms with E-state index in [-0.39, 0.29) is 49.1 Å². The average molecular weight is 275 g/mol. The molecule has 6 heteroatoms. The summed E-state index contributed by atoms with van der Waals surface area (Å²) < 4.78 is 0. The lowest BCUT2D eigenvalue weighted by Gasteiger charge is -1.96. The molecule has 0 bridgehead atoms. The summed E-state index contributed by atoms with van der Waals surface area (Å²) in [4.78, 5) is 0. The van der Waals surface area contributed by atoms with Crippen molar-refractivity contribution in [2.24, 2.45) is 11.5 Å². The summed E-state index contributed by atoms with van der Waals surface area (Å²) in [5.74, 6) is 0. The number of halogens is 2. The van der Waals surface area contributed by atoms with Crippen LogP contribution in [0.4, 0.5) is 0 Å². The maximum absolute atomic E-state index is 8.82. The molecule has 0 radical (unpaired) electrons. The Hall–Kier alpha value is 0.420. The zero-order valence-corrected chi connectivity index (χ0v) is 11.1. The molecule has 6 N–H and O–H groups in total. The Labute approximate surface area is 110 Å². The minimum atomic E-state index is -0.102.